The van der Waals surface area contributed by atoms with Crippen molar-refractivity contribution in [1.82, 2.24) is 15.0 Å². The lowest BCUT2D eigenvalue weighted by Crippen LogP contribution is -2.14. The van der Waals surface area contributed by atoms with Crippen molar-refractivity contribution >= 4 is 46.0 Å². The van der Waals surface area contributed by atoms with Crippen LogP contribution in [0.5, 0.6) is 0 Å². The number of aromatic amines is 2. The number of hydrogen-bond acceptors (Lipinski definition) is 4. The number of alkyl halides is 3. The van der Waals surface area contributed by atoms with E-state index in [2.05, 4.69) is 20.3 Å². The molecule has 0 fully saturated rings. The minimum absolute atomic E-state index is 0.0974. The minimum atomic E-state index is -4.53. The van der Waals surface area contributed by atoms with Gasteiger partial charge in [-0.05, 0) is 24.3 Å². The molecule has 0 saturated carbocycles. The standard InChI is InChI=1S/C15H10ClF3N4O2S/c16-9-3-7(15(17,18)19)5-20-13(9)26-6-12(24)21-8-1-2-10-11(4-8)23-14(25)22-10/h1-5H,6H2,(H,21,24)(H2,22,23,25). The summed E-state index contributed by atoms with van der Waals surface area (Å²) in [6.45, 7) is 0. The van der Waals surface area contributed by atoms with Gasteiger partial charge in [-0.2, -0.15) is 13.2 Å². The van der Waals surface area contributed by atoms with E-state index in [1.165, 1.54) is 0 Å². The zero-order chi connectivity index (χ0) is 18.9. The van der Waals surface area contributed by atoms with Gasteiger partial charge in [0.1, 0.15) is 5.03 Å². The van der Waals surface area contributed by atoms with E-state index in [9.17, 15) is 22.8 Å². The molecule has 1 amide bonds. The number of nitrogens with one attached hydrogen (secondary N) is 3. The van der Waals surface area contributed by atoms with Crippen molar-refractivity contribution < 1.29 is 18.0 Å². The second-order valence-corrected chi connectivity index (χ2v) is 6.56. The van der Waals surface area contributed by atoms with Crippen LogP contribution in [0.25, 0.3) is 11.0 Å². The van der Waals surface area contributed by atoms with Crippen LogP contribution in [0.1, 0.15) is 5.56 Å². The van der Waals surface area contributed by atoms with Gasteiger partial charge in [-0.3, -0.25) is 4.79 Å². The number of nitrogens with zero attached hydrogens (tertiary/aromatic N) is 1. The van der Waals surface area contributed by atoms with Gasteiger partial charge >= 0.3 is 11.9 Å². The predicted octanol–water partition coefficient (Wildman–Crippen LogP) is 3.65. The topological polar surface area (TPSA) is 90.6 Å². The molecule has 26 heavy (non-hydrogen) atoms. The molecule has 0 bridgehead atoms. The number of H-pyrrole nitrogens is 2. The molecule has 0 spiro atoms. The fourth-order valence-electron chi connectivity index (χ4n) is 2.13. The van der Waals surface area contributed by atoms with Crippen molar-refractivity contribution in [2.45, 2.75) is 11.2 Å². The van der Waals surface area contributed by atoms with Gasteiger partial charge in [0, 0.05) is 11.9 Å². The van der Waals surface area contributed by atoms with Gasteiger partial charge in [0.2, 0.25) is 5.91 Å². The first-order chi connectivity index (χ1) is 12.2. The zero-order valence-corrected chi connectivity index (χ0v) is 14.4. The zero-order valence-electron chi connectivity index (χ0n) is 12.8. The fourth-order valence-corrected chi connectivity index (χ4v) is 3.12. The van der Waals surface area contributed by atoms with Crippen LogP contribution in [0, 0.1) is 0 Å². The maximum atomic E-state index is 12.6. The van der Waals surface area contributed by atoms with Gasteiger partial charge in [-0.15, -0.1) is 0 Å². The molecule has 0 saturated heterocycles. The smallest absolute Gasteiger partial charge is 0.325 e. The van der Waals surface area contributed by atoms with E-state index in [4.69, 9.17) is 11.6 Å². The van der Waals surface area contributed by atoms with Gasteiger partial charge in [0.15, 0.2) is 0 Å². The number of anilines is 1. The number of fused-ring (bicyclic) bond motifs is 1. The molecule has 2 aromatic heterocycles. The van der Waals surface area contributed by atoms with Crippen molar-refractivity contribution in [2.24, 2.45) is 0 Å². The van der Waals surface area contributed by atoms with Crippen LogP contribution >= 0.6 is 23.4 Å². The third kappa shape index (κ3) is 4.20. The molecule has 136 valence electrons. The number of hydrogen-bond donors (Lipinski definition) is 3. The Hall–Kier alpha value is -2.46. The Morgan fingerprint density at radius 3 is 2.65 bits per heavy atom. The number of aromatic nitrogens is 3. The number of amides is 1. The average Bonchev–Trinajstić information content (AvgIpc) is 2.92. The third-order valence-corrected chi connectivity index (χ3v) is 4.68. The molecule has 0 aliphatic carbocycles. The first-order valence-electron chi connectivity index (χ1n) is 7.10. The van der Waals surface area contributed by atoms with E-state index in [0.29, 0.717) is 22.9 Å². The van der Waals surface area contributed by atoms with E-state index in [1.54, 1.807) is 18.2 Å². The molecule has 6 nitrogen and oxygen atoms in total. The first kappa shape index (κ1) is 18.3. The van der Waals surface area contributed by atoms with Gasteiger partial charge in [-0.1, -0.05) is 23.4 Å². The molecule has 0 aliphatic heterocycles. The molecule has 3 rings (SSSR count). The SMILES string of the molecule is O=C(CSc1ncc(C(F)(F)F)cc1Cl)Nc1ccc2[nH]c(=O)[nH]c2c1. The monoisotopic (exact) mass is 402 g/mol. The Bertz CT molecular complexity index is 1030. The molecule has 0 radical (unpaired) electrons. The van der Waals surface area contributed by atoms with Gasteiger partial charge < -0.3 is 15.3 Å². The van der Waals surface area contributed by atoms with E-state index in [-0.39, 0.29) is 21.5 Å². The summed E-state index contributed by atoms with van der Waals surface area (Å²) in [4.78, 5) is 32.0. The van der Waals surface area contributed by atoms with Gasteiger partial charge in [-0.25, -0.2) is 9.78 Å². The summed E-state index contributed by atoms with van der Waals surface area (Å²) in [6, 6.07) is 5.59. The van der Waals surface area contributed by atoms with Crippen LogP contribution in [0.15, 0.2) is 40.3 Å². The maximum Gasteiger partial charge on any atom is 0.417 e. The number of rotatable bonds is 4. The van der Waals surface area contributed by atoms with Gasteiger partial charge in [0.25, 0.3) is 0 Å². The number of halogens is 4. The number of pyridine rings is 1. The van der Waals surface area contributed by atoms with E-state index in [1.807, 2.05) is 0 Å². The summed E-state index contributed by atoms with van der Waals surface area (Å²) in [7, 11) is 0. The normalized spacial score (nSPS) is 11.7. The largest absolute Gasteiger partial charge is 0.417 e. The summed E-state index contributed by atoms with van der Waals surface area (Å²) in [6.07, 6.45) is -3.86. The van der Waals surface area contributed by atoms with Crippen LogP contribution in [0.3, 0.4) is 0 Å². The lowest BCUT2D eigenvalue weighted by molar-refractivity contribution is -0.137. The van der Waals surface area contributed by atoms with Crippen LogP contribution in [0.4, 0.5) is 18.9 Å². The first-order valence-corrected chi connectivity index (χ1v) is 8.46. The van der Waals surface area contributed by atoms with Crippen molar-refractivity contribution in [2.75, 3.05) is 11.1 Å². The fraction of sp³-hybridized carbons (Fsp3) is 0.133. The highest BCUT2D eigenvalue weighted by Crippen LogP contribution is 2.33. The molecule has 3 N–H and O–H groups in total. The Labute approximate surface area is 153 Å². The summed E-state index contributed by atoms with van der Waals surface area (Å²) < 4.78 is 37.7. The summed E-state index contributed by atoms with van der Waals surface area (Å²) in [5, 5.41) is 2.57. The Morgan fingerprint density at radius 1 is 1.23 bits per heavy atom. The van der Waals surface area contributed by atoms with Crippen LogP contribution in [0.2, 0.25) is 5.02 Å². The number of imidazole rings is 1. The number of benzene rings is 1. The number of thioether (sulfide) groups is 1. The number of carbonyl (C=O) groups is 1. The Morgan fingerprint density at radius 2 is 1.96 bits per heavy atom. The molecular weight excluding hydrogens is 393 g/mol. The number of carbonyl (C=O) groups excluding carboxylic acids is 1. The predicted molar refractivity (Wildman–Crippen MR) is 92.5 cm³/mol. The summed E-state index contributed by atoms with van der Waals surface area (Å²) in [5.41, 5.74) is 0.285. The highest BCUT2D eigenvalue weighted by molar-refractivity contribution is 8.00. The quantitative estimate of drug-likeness (QED) is 0.581. The second-order valence-electron chi connectivity index (χ2n) is 5.19. The molecule has 11 heteroatoms. The summed E-state index contributed by atoms with van der Waals surface area (Å²) >= 11 is 6.71. The molecule has 0 unspecified atom stereocenters. The molecule has 1 aromatic carbocycles. The van der Waals surface area contributed by atoms with E-state index < -0.39 is 17.6 Å². The van der Waals surface area contributed by atoms with E-state index in [0.717, 1.165) is 17.8 Å². The minimum Gasteiger partial charge on any atom is -0.325 e. The van der Waals surface area contributed by atoms with Crippen LogP contribution in [-0.4, -0.2) is 26.6 Å². The van der Waals surface area contributed by atoms with Crippen molar-refractivity contribution in [3.63, 3.8) is 0 Å². The Balaban J connectivity index is 1.64. The highest BCUT2D eigenvalue weighted by Gasteiger charge is 2.31. The van der Waals surface area contributed by atoms with Crippen LogP contribution < -0.4 is 11.0 Å². The maximum absolute atomic E-state index is 12.6. The van der Waals surface area contributed by atoms with Crippen molar-refractivity contribution in [1.29, 1.82) is 0 Å². The molecular formula is C15H10ClF3N4O2S. The molecule has 3 aromatic rings. The third-order valence-electron chi connectivity index (χ3n) is 3.27. The lowest BCUT2D eigenvalue weighted by atomic mass is 10.3. The van der Waals surface area contributed by atoms with Crippen molar-refractivity contribution in [3.8, 4) is 0 Å². The lowest BCUT2D eigenvalue weighted by Gasteiger charge is -2.09. The molecule has 0 atom stereocenters. The highest BCUT2D eigenvalue weighted by atomic mass is 35.5. The Kier molecular flexibility index (Phi) is 4.97. The second kappa shape index (κ2) is 7.04. The average molecular weight is 403 g/mol. The molecule has 2 heterocycles. The van der Waals surface area contributed by atoms with Gasteiger partial charge in [0.05, 0.1) is 27.4 Å². The van der Waals surface area contributed by atoms with Crippen molar-refractivity contribution in [3.05, 3.63) is 51.5 Å². The van der Waals surface area contributed by atoms with Crippen LogP contribution in [-0.2, 0) is 11.0 Å². The summed E-state index contributed by atoms with van der Waals surface area (Å²) in [5.74, 6) is -0.496. The molecule has 0 aliphatic rings. The van der Waals surface area contributed by atoms with E-state index >= 15 is 0 Å².